The van der Waals surface area contributed by atoms with Gasteiger partial charge in [-0.1, -0.05) is 42.8 Å². The minimum absolute atomic E-state index is 0.516. The normalized spacial score (nSPS) is 19.2. The van der Waals surface area contributed by atoms with E-state index in [9.17, 15) is 0 Å². The van der Waals surface area contributed by atoms with E-state index in [0.29, 0.717) is 6.04 Å². The van der Waals surface area contributed by atoms with Crippen molar-refractivity contribution in [3.8, 4) is 0 Å². The van der Waals surface area contributed by atoms with Gasteiger partial charge in [-0.25, -0.2) is 0 Å². The zero-order chi connectivity index (χ0) is 11.2. The van der Waals surface area contributed by atoms with Gasteiger partial charge in [0.05, 0.1) is 0 Å². The van der Waals surface area contributed by atoms with Crippen molar-refractivity contribution in [3.05, 3.63) is 48.6 Å². The molecule has 1 nitrogen and oxygen atoms in total. The van der Waals surface area contributed by atoms with Gasteiger partial charge < -0.3 is 0 Å². The molecule has 0 saturated carbocycles. The Bertz CT molecular complexity index is 311. The van der Waals surface area contributed by atoms with Crippen molar-refractivity contribution in [1.29, 1.82) is 0 Å². The minimum Gasteiger partial charge on any atom is -0.297 e. The second-order valence-electron chi connectivity index (χ2n) is 4.59. The van der Waals surface area contributed by atoms with Gasteiger partial charge in [-0.15, -0.1) is 6.58 Å². The predicted molar refractivity (Wildman–Crippen MR) is 69.6 cm³/mol. The number of rotatable bonds is 4. The molecule has 1 aromatic rings. The molecule has 0 spiro atoms. The van der Waals surface area contributed by atoms with Gasteiger partial charge in [0, 0.05) is 6.04 Å². The topological polar surface area (TPSA) is 3.24 Å². The Morgan fingerprint density at radius 2 is 1.81 bits per heavy atom. The molecule has 1 aromatic carbocycles. The average Bonchev–Trinajstić information content (AvgIpc) is 2.38. The summed E-state index contributed by atoms with van der Waals surface area (Å²) in [6, 6.07) is 11.2. The Morgan fingerprint density at radius 3 is 2.44 bits per heavy atom. The molecule has 0 aliphatic carbocycles. The van der Waals surface area contributed by atoms with Gasteiger partial charge >= 0.3 is 0 Å². The quantitative estimate of drug-likeness (QED) is 0.697. The standard InChI is InChI=1S/C15H21N/c1-2-15(16-11-7-4-8-12-16)13-14-9-5-3-6-10-14/h2-3,5-6,9-10,15H,1,4,7-8,11-13H2. The number of hydrogen-bond acceptors (Lipinski definition) is 1. The average molecular weight is 215 g/mol. The van der Waals surface area contributed by atoms with Crippen LogP contribution in [0.25, 0.3) is 0 Å². The second kappa shape index (κ2) is 5.86. The van der Waals surface area contributed by atoms with Crippen LogP contribution in [0.4, 0.5) is 0 Å². The van der Waals surface area contributed by atoms with Crippen molar-refractivity contribution in [3.63, 3.8) is 0 Å². The van der Waals surface area contributed by atoms with Gasteiger partial charge in [0.2, 0.25) is 0 Å². The molecule has 1 aliphatic heterocycles. The van der Waals surface area contributed by atoms with Crippen molar-refractivity contribution in [1.82, 2.24) is 4.90 Å². The Labute approximate surface area is 98.8 Å². The summed E-state index contributed by atoms with van der Waals surface area (Å²) in [6.45, 7) is 6.47. The van der Waals surface area contributed by atoms with Crippen LogP contribution < -0.4 is 0 Å². The van der Waals surface area contributed by atoms with E-state index in [1.54, 1.807) is 0 Å². The van der Waals surface area contributed by atoms with Crippen LogP contribution in [0.2, 0.25) is 0 Å². The summed E-state index contributed by atoms with van der Waals surface area (Å²) in [6.07, 6.45) is 7.30. The largest absolute Gasteiger partial charge is 0.297 e. The Kier molecular flexibility index (Phi) is 4.17. The molecule has 16 heavy (non-hydrogen) atoms. The lowest BCUT2D eigenvalue weighted by Gasteiger charge is -2.32. The summed E-state index contributed by atoms with van der Waals surface area (Å²) in [7, 11) is 0. The molecule has 0 aromatic heterocycles. The monoisotopic (exact) mass is 215 g/mol. The third-order valence-electron chi connectivity index (χ3n) is 3.42. The molecule has 1 aliphatic rings. The smallest absolute Gasteiger partial charge is 0.0316 e. The lowest BCUT2D eigenvalue weighted by Crippen LogP contribution is -2.39. The first-order chi connectivity index (χ1) is 7.90. The summed E-state index contributed by atoms with van der Waals surface area (Å²) < 4.78 is 0. The van der Waals surface area contributed by atoms with E-state index in [2.05, 4.69) is 47.9 Å². The van der Waals surface area contributed by atoms with Gasteiger partial charge in [-0.05, 0) is 37.9 Å². The maximum Gasteiger partial charge on any atom is 0.0316 e. The van der Waals surface area contributed by atoms with Gasteiger partial charge in [0.1, 0.15) is 0 Å². The highest BCUT2D eigenvalue weighted by molar-refractivity contribution is 5.17. The van der Waals surface area contributed by atoms with Crippen LogP contribution in [0.15, 0.2) is 43.0 Å². The first-order valence-corrected chi connectivity index (χ1v) is 6.30. The Hall–Kier alpha value is -1.08. The Morgan fingerprint density at radius 1 is 1.12 bits per heavy atom. The molecule has 2 rings (SSSR count). The van der Waals surface area contributed by atoms with E-state index >= 15 is 0 Å². The molecule has 1 heteroatoms. The molecule has 0 N–H and O–H groups in total. The van der Waals surface area contributed by atoms with Crippen LogP contribution in [0.5, 0.6) is 0 Å². The summed E-state index contributed by atoms with van der Waals surface area (Å²) >= 11 is 0. The van der Waals surface area contributed by atoms with Gasteiger partial charge in [-0.3, -0.25) is 4.90 Å². The third-order valence-corrected chi connectivity index (χ3v) is 3.42. The molecule has 0 amide bonds. The summed E-state index contributed by atoms with van der Waals surface area (Å²) in [5.41, 5.74) is 1.41. The fraction of sp³-hybridized carbons (Fsp3) is 0.467. The number of likely N-dealkylation sites (tertiary alicyclic amines) is 1. The molecule has 1 unspecified atom stereocenters. The van der Waals surface area contributed by atoms with Crippen LogP contribution in [0, 0.1) is 0 Å². The molecule has 1 fully saturated rings. The molecule has 0 bridgehead atoms. The number of hydrogen-bond donors (Lipinski definition) is 0. The van der Waals surface area contributed by atoms with Crippen molar-refractivity contribution in [2.24, 2.45) is 0 Å². The number of piperidine rings is 1. The predicted octanol–water partition coefficient (Wildman–Crippen LogP) is 3.27. The molecular weight excluding hydrogens is 194 g/mol. The maximum absolute atomic E-state index is 3.99. The summed E-state index contributed by atoms with van der Waals surface area (Å²) in [4.78, 5) is 2.57. The fourth-order valence-electron chi connectivity index (χ4n) is 2.47. The van der Waals surface area contributed by atoms with Crippen LogP contribution in [0.3, 0.4) is 0 Å². The van der Waals surface area contributed by atoms with E-state index in [-0.39, 0.29) is 0 Å². The van der Waals surface area contributed by atoms with Crippen molar-refractivity contribution in [2.75, 3.05) is 13.1 Å². The second-order valence-corrected chi connectivity index (χ2v) is 4.59. The van der Waals surface area contributed by atoms with E-state index in [0.717, 1.165) is 6.42 Å². The Balaban J connectivity index is 1.97. The lowest BCUT2D eigenvalue weighted by atomic mass is 10.0. The molecular formula is C15H21N. The number of nitrogens with zero attached hydrogens (tertiary/aromatic N) is 1. The van der Waals surface area contributed by atoms with Gasteiger partial charge in [-0.2, -0.15) is 0 Å². The highest BCUT2D eigenvalue weighted by Gasteiger charge is 2.17. The summed E-state index contributed by atoms with van der Waals surface area (Å²) in [5, 5.41) is 0. The zero-order valence-electron chi connectivity index (χ0n) is 9.94. The van der Waals surface area contributed by atoms with Crippen LogP contribution in [-0.2, 0) is 6.42 Å². The number of benzene rings is 1. The van der Waals surface area contributed by atoms with Gasteiger partial charge in [0.25, 0.3) is 0 Å². The molecule has 1 saturated heterocycles. The van der Waals surface area contributed by atoms with Crippen LogP contribution in [-0.4, -0.2) is 24.0 Å². The molecule has 1 atom stereocenters. The third kappa shape index (κ3) is 2.96. The van der Waals surface area contributed by atoms with Crippen LogP contribution >= 0.6 is 0 Å². The fourth-order valence-corrected chi connectivity index (χ4v) is 2.47. The van der Waals surface area contributed by atoms with Crippen molar-refractivity contribution < 1.29 is 0 Å². The SMILES string of the molecule is C=CC(Cc1ccccc1)N1CCCCC1. The van der Waals surface area contributed by atoms with Gasteiger partial charge in [0.15, 0.2) is 0 Å². The maximum atomic E-state index is 3.99. The van der Waals surface area contributed by atoms with Crippen LogP contribution in [0.1, 0.15) is 24.8 Å². The van der Waals surface area contributed by atoms with E-state index in [1.165, 1.54) is 37.9 Å². The molecule has 0 radical (unpaired) electrons. The van der Waals surface area contributed by atoms with E-state index < -0.39 is 0 Å². The highest BCUT2D eigenvalue weighted by atomic mass is 15.2. The van der Waals surface area contributed by atoms with E-state index in [4.69, 9.17) is 0 Å². The van der Waals surface area contributed by atoms with E-state index in [1.807, 2.05) is 0 Å². The molecule has 1 heterocycles. The molecule has 86 valence electrons. The summed E-state index contributed by atoms with van der Waals surface area (Å²) in [5.74, 6) is 0. The highest BCUT2D eigenvalue weighted by Crippen LogP contribution is 2.16. The lowest BCUT2D eigenvalue weighted by molar-refractivity contribution is 0.190. The zero-order valence-corrected chi connectivity index (χ0v) is 9.94. The first-order valence-electron chi connectivity index (χ1n) is 6.30. The van der Waals surface area contributed by atoms with Crippen molar-refractivity contribution >= 4 is 0 Å². The van der Waals surface area contributed by atoms with Crippen molar-refractivity contribution in [2.45, 2.75) is 31.7 Å². The minimum atomic E-state index is 0.516. The first kappa shape index (κ1) is 11.4.